The van der Waals surface area contributed by atoms with Crippen molar-refractivity contribution in [1.82, 2.24) is 14.9 Å². The SMILES string of the molecule is Cn1c(-c2ccc(N3CCOCC3)cc2)cnc1[C@H](CN)NC(=O)c1cc2cc(Cl)ccc2o1. The number of anilines is 1. The number of fused-ring (bicyclic) bond motifs is 1. The zero-order chi connectivity index (χ0) is 23.7. The molecule has 0 aliphatic carbocycles. The Morgan fingerprint density at radius 2 is 1.94 bits per heavy atom. The first-order valence-corrected chi connectivity index (χ1v) is 11.6. The minimum atomic E-state index is -0.476. The van der Waals surface area contributed by atoms with Gasteiger partial charge in [0.2, 0.25) is 0 Å². The van der Waals surface area contributed by atoms with Gasteiger partial charge in [0.15, 0.2) is 5.76 Å². The summed E-state index contributed by atoms with van der Waals surface area (Å²) in [5.74, 6) is 0.508. The molecule has 1 saturated heterocycles. The first kappa shape index (κ1) is 22.5. The maximum Gasteiger partial charge on any atom is 0.287 e. The van der Waals surface area contributed by atoms with Crippen LogP contribution in [0.4, 0.5) is 5.69 Å². The van der Waals surface area contributed by atoms with Crippen LogP contribution in [0.5, 0.6) is 0 Å². The van der Waals surface area contributed by atoms with Crippen molar-refractivity contribution < 1.29 is 13.9 Å². The van der Waals surface area contributed by atoms with Crippen LogP contribution in [0.25, 0.3) is 22.2 Å². The van der Waals surface area contributed by atoms with E-state index in [2.05, 4.69) is 39.5 Å². The highest BCUT2D eigenvalue weighted by molar-refractivity contribution is 6.31. The van der Waals surface area contributed by atoms with Gasteiger partial charge in [0.1, 0.15) is 11.4 Å². The molecule has 1 aliphatic heterocycles. The van der Waals surface area contributed by atoms with Crippen LogP contribution in [0.2, 0.25) is 5.02 Å². The van der Waals surface area contributed by atoms with Crippen LogP contribution in [0.15, 0.2) is 59.1 Å². The van der Waals surface area contributed by atoms with Crippen LogP contribution in [0.1, 0.15) is 22.4 Å². The molecule has 0 unspecified atom stereocenters. The van der Waals surface area contributed by atoms with E-state index < -0.39 is 6.04 Å². The summed E-state index contributed by atoms with van der Waals surface area (Å²) in [4.78, 5) is 19.8. The van der Waals surface area contributed by atoms with Gasteiger partial charge in [-0.3, -0.25) is 4.79 Å². The molecule has 0 bridgehead atoms. The van der Waals surface area contributed by atoms with E-state index in [-0.39, 0.29) is 18.2 Å². The van der Waals surface area contributed by atoms with E-state index in [4.69, 9.17) is 26.5 Å². The second kappa shape index (κ2) is 9.50. The van der Waals surface area contributed by atoms with Crippen molar-refractivity contribution in [3.05, 3.63) is 71.3 Å². The minimum Gasteiger partial charge on any atom is -0.451 e. The van der Waals surface area contributed by atoms with Gasteiger partial charge in [-0.2, -0.15) is 0 Å². The maximum absolute atomic E-state index is 12.9. The summed E-state index contributed by atoms with van der Waals surface area (Å²) in [7, 11) is 1.92. The Labute approximate surface area is 202 Å². The van der Waals surface area contributed by atoms with E-state index in [1.54, 1.807) is 30.5 Å². The lowest BCUT2D eigenvalue weighted by atomic mass is 10.1. The van der Waals surface area contributed by atoms with Gasteiger partial charge in [-0.1, -0.05) is 23.7 Å². The number of hydrogen-bond donors (Lipinski definition) is 2. The average molecular weight is 480 g/mol. The molecule has 1 amide bonds. The average Bonchev–Trinajstić information content (AvgIpc) is 3.46. The van der Waals surface area contributed by atoms with E-state index in [1.807, 2.05) is 11.6 Å². The standard InChI is InChI=1S/C25H26ClN5O3/c1-30-21(16-2-5-19(6-3-16)31-8-10-33-11-9-31)15-28-24(30)20(14-27)29-25(32)23-13-17-12-18(26)4-7-22(17)34-23/h2-7,12-13,15,20H,8-11,14,27H2,1H3,(H,29,32)/t20-/m0/s1. The monoisotopic (exact) mass is 479 g/mol. The fourth-order valence-electron chi connectivity index (χ4n) is 4.26. The van der Waals surface area contributed by atoms with Crippen LogP contribution in [-0.4, -0.2) is 48.3 Å². The molecular weight excluding hydrogens is 454 g/mol. The number of aromatic nitrogens is 2. The van der Waals surface area contributed by atoms with Crippen molar-refractivity contribution in [3.8, 4) is 11.3 Å². The lowest BCUT2D eigenvalue weighted by Crippen LogP contribution is -2.36. The van der Waals surface area contributed by atoms with Gasteiger partial charge < -0.3 is 29.7 Å². The lowest BCUT2D eigenvalue weighted by molar-refractivity contribution is 0.0909. The molecule has 0 radical (unpaired) electrons. The summed E-state index contributed by atoms with van der Waals surface area (Å²) in [6.07, 6.45) is 1.80. The van der Waals surface area contributed by atoms with Crippen LogP contribution in [0, 0.1) is 0 Å². The summed E-state index contributed by atoms with van der Waals surface area (Å²) in [5, 5.41) is 4.29. The molecule has 1 fully saturated rings. The number of imidazole rings is 1. The first-order chi connectivity index (χ1) is 16.5. The number of hydrogen-bond acceptors (Lipinski definition) is 6. The number of ether oxygens (including phenoxy) is 1. The third kappa shape index (κ3) is 4.40. The minimum absolute atomic E-state index is 0.193. The number of carbonyl (C=O) groups is 1. The summed E-state index contributed by atoms with van der Waals surface area (Å²) >= 11 is 6.04. The Bertz CT molecular complexity index is 1310. The predicted octanol–water partition coefficient (Wildman–Crippen LogP) is 3.75. The van der Waals surface area contributed by atoms with Gasteiger partial charge in [0.25, 0.3) is 5.91 Å². The number of benzene rings is 2. The van der Waals surface area contributed by atoms with Crippen LogP contribution in [0.3, 0.4) is 0 Å². The van der Waals surface area contributed by atoms with Gasteiger partial charge in [-0.15, -0.1) is 0 Å². The summed E-state index contributed by atoms with van der Waals surface area (Å²) < 4.78 is 13.1. The number of nitrogens with one attached hydrogen (secondary N) is 1. The molecule has 4 aromatic rings. The molecule has 34 heavy (non-hydrogen) atoms. The third-order valence-corrected chi connectivity index (χ3v) is 6.35. The molecule has 2 aromatic carbocycles. The second-order valence-corrected chi connectivity index (χ2v) is 8.70. The number of furan rings is 1. The van der Waals surface area contributed by atoms with Gasteiger partial charge in [0, 0.05) is 42.8 Å². The lowest BCUT2D eigenvalue weighted by Gasteiger charge is -2.28. The Kier molecular flexibility index (Phi) is 6.28. The Hall–Kier alpha value is -3.33. The molecule has 0 spiro atoms. The van der Waals surface area contributed by atoms with Crippen molar-refractivity contribution in [1.29, 1.82) is 0 Å². The highest BCUT2D eigenvalue weighted by atomic mass is 35.5. The zero-order valence-corrected chi connectivity index (χ0v) is 19.6. The summed E-state index contributed by atoms with van der Waals surface area (Å²) in [6, 6.07) is 14.8. The van der Waals surface area contributed by atoms with Gasteiger partial charge in [-0.05, 0) is 42.0 Å². The Morgan fingerprint density at radius 1 is 1.18 bits per heavy atom. The van der Waals surface area contributed by atoms with Crippen molar-refractivity contribution in [3.63, 3.8) is 0 Å². The quantitative estimate of drug-likeness (QED) is 0.437. The molecule has 1 atom stereocenters. The van der Waals surface area contributed by atoms with E-state index in [0.717, 1.165) is 42.9 Å². The van der Waals surface area contributed by atoms with Gasteiger partial charge in [-0.25, -0.2) is 4.98 Å². The molecule has 8 nitrogen and oxygen atoms in total. The van der Waals surface area contributed by atoms with E-state index in [1.165, 1.54) is 5.69 Å². The molecule has 2 aromatic heterocycles. The highest BCUT2D eigenvalue weighted by Crippen LogP contribution is 2.27. The number of halogens is 1. The van der Waals surface area contributed by atoms with Crippen molar-refractivity contribution in [2.75, 3.05) is 37.7 Å². The molecule has 0 saturated carbocycles. The van der Waals surface area contributed by atoms with Gasteiger partial charge >= 0.3 is 0 Å². The zero-order valence-electron chi connectivity index (χ0n) is 18.8. The molecule has 176 valence electrons. The van der Waals surface area contributed by atoms with E-state index in [9.17, 15) is 4.79 Å². The van der Waals surface area contributed by atoms with E-state index in [0.29, 0.717) is 16.4 Å². The summed E-state index contributed by atoms with van der Waals surface area (Å²) in [6.45, 7) is 3.48. The molecule has 9 heteroatoms. The fraction of sp³-hybridized carbons (Fsp3) is 0.280. The van der Waals surface area contributed by atoms with Crippen LogP contribution in [-0.2, 0) is 11.8 Å². The number of morpholine rings is 1. The van der Waals surface area contributed by atoms with E-state index >= 15 is 0 Å². The normalized spacial score (nSPS) is 15.0. The Balaban J connectivity index is 1.33. The summed E-state index contributed by atoms with van der Waals surface area (Å²) in [5.41, 5.74) is 9.76. The maximum atomic E-state index is 12.9. The van der Waals surface area contributed by atoms with Crippen LogP contribution >= 0.6 is 11.6 Å². The van der Waals surface area contributed by atoms with Crippen molar-refractivity contribution in [2.24, 2.45) is 12.8 Å². The molecular formula is C25H26ClN5O3. The predicted molar refractivity (Wildman–Crippen MR) is 132 cm³/mol. The first-order valence-electron chi connectivity index (χ1n) is 11.2. The topological polar surface area (TPSA) is 98.5 Å². The molecule has 3 N–H and O–H groups in total. The number of amides is 1. The molecule has 1 aliphatic rings. The second-order valence-electron chi connectivity index (χ2n) is 8.26. The number of nitrogens with two attached hydrogens (primary N) is 1. The Morgan fingerprint density at radius 3 is 2.68 bits per heavy atom. The van der Waals surface area contributed by atoms with Crippen molar-refractivity contribution >= 4 is 34.2 Å². The molecule has 3 heterocycles. The number of nitrogens with zero attached hydrogens (tertiary/aromatic N) is 3. The van der Waals surface area contributed by atoms with Gasteiger partial charge in [0.05, 0.1) is 31.1 Å². The number of carbonyl (C=O) groups excluding carboxylic acids is 1. The fourth-order valence-corrected chi connectivity index (χ4v) is 4.45. The highest BCUT2D eigenvalue weighted by Gasteiger charge is 2.22. The largest absolute Gasteiger partial charge is 0.451 e. The van der Waals surface area contributed by atoms with Crippen LogP contribution < -0.4 is 16.0 Å². The smallest absolute Gasteiger partial charge is 0.287 e. The van der Waals surface area contributed by atoms with Crippen molar-refractivity contribution in [2.45, 2.75) is 6.04 Å². The number of rotatable bonds is 6. The molecule has 5 rings (SSSR count). The third-order valence-electron chi connectivity index (χ3n) is 6.12.